The van der Waals surface area contributed by atoms with Gasteiger partial charge in [0.15, 0.2) is 11.5 Å². The van der Waals surface area contributed by atoms with Crippen LogP contribution in [0.15, 0.2) is 34.9 Å². The summed E-state index contributed by atoms with van der Waals surface area (Å²) in [4.78, 5) is 16.1. The molecule has 3 rings (SSSR count). The van der Waals surface area contributed by atoms with Gasteiger partial charge >= 0.3 is 0 Å². The lowest BCUT2D eigenvalue weighted by Gasteiger charge is -2.09. The zero-order chi connectivity index (χ0) is 14.8. The van der Waals surface area contributed by atoms with E-state index in [1.807, 2.05) is 18.2 Å². The first-order valence-corrected chi connectivity index (χ1v) is 7.29. The Morgan fingerprint density at radius 1 is 1.43 bits per heavy atom. The first-order chi connectivity index (χ1) is 10.1. The van der Waals surface area contributed by atoms with Crippen LogP contribution in [-0.2, 0) is 6.54 Å². The van der Waals surface area contributed by atoms with Gasteiger partial charge in [-0.15, -0.1) is 0 Å². The molecule has 5 nitrogen and oxygen atoms in total. The van der Waals surface area contributed by atoms with E-state index in [0.717, 1.165) is 5.56 Å². The Kier molecular flexibility index (Phi) is 3.98. The molecule has 0 spiro atoms. The first-order valence-electron chi connectivity index (χ1n) is 6.12. The van der Waals surface area contributed by atoms with Crippen LogP contribution in [0.25, 0.3) is 0 Å². The second-order valence-corrected chi connectivity index (χ2v) is 5.60. The number of carbonyl (C=O) groups excluding carboxylic acids is 1. The molecule has 1 amide bonds. The summed E-state index contributed by atoms with van der Waals surface area (Å²) in [6.07, 6.45) is 1.54. The van der Waals surface area contributed by atoms with Gasteiger partial charge in [0.05, 0.1) is 5.56 Å². The van der Waals surface area contributed by atoms with E-state index in [-0.39, 0.29) is 17.9 Å². The van der Waals surface area contributed by atoms with E-state index in [2.05, 4.69) is 26.2 Å². The van der Waals surface area contributed by atoms with Gasteiger partial charge in [0.1, 0.15) is 5.15 Å². The summed E-state index contributed by atoms with van der Waals surface area (Å²) in [6.45, 7) is 0.510. The van der Waals surface area contributed by atoms with Crippen LogP contribution >= 0.6 is 27.5 Å². The number of carbonyl (C=O) groups is 1. The van der Waals surface area contributed by atoms with E-state index in [1.165, 1.54) is 6.20 Å². The van der Waals surface area contributed by atoms with Gasteiger partial charge in [-0.05, 0) is 28.1 Å². The molecule has 2 heterocycles. The molecule has 0 saturated carbocycles. The fraction of sp³-hybridized carbons (Fsp3) is 0.143. The molecule has 1 N–H and O–H groups in total. The molecule has 1 aromatic carbocycles. The number of halogens is 2. The average Bonchev–Trinajstić information content (AvgIpc) is 2.96. The minimum atomic E-state index is -0.301. The molecule has 0 bridgehead atoms. The zero-order valence-electron chi connectivity index (χ0n) is 10.7. The zero-order valence-corrected chi connectivity index (χ0v) is 13.1. The van der Waals surface area contributed by atoms with Gasteiger partial charge in [0, 0.05) is 22.8 Å². The number of hydrogen-bond acceptors (Lipinski definition) is 4. The van der Waals surface area contributed by atoms with Crippen LogP contribution in [-0.4, -0.2) is 17.7 Å². The Hall–Kier alpha value is -1.79. The molecule has 1 aliphatic rings. The molecule has 1 aromatic heterocycles. The molecular formula is C14H10BrClN2O3. The maximum atomic E-state index is 12.2. The number of aromatic nitrogens is 1. The number of benzene rings is 1. The standard InChI is InChI=1S/C14H10BrClN2O3/c15-9-4-10(13(16)17-6-9)14(19)18-5-8-2-1-3-11-12(8)21-7-20-11/h1-4,6H,5,7H2,(H,18,19). The van der Waals surface area contributed by atoms with Crippen molar-refractivity contribution in [1.82, 2.24) is 10.3 Å². The summed E-state index contributed by atoms with van der Waals surface area (Å²) in [6, 6.07) is 7.17. The Balaban J connectivity index is 1.75. The minimum absolute atomic E-state index is 0.161. The maximum absolute atomic E-state index is 12.2. The van der Waals surface area contributed by atoms with E-state index in [1.54, 1.807) is 6.07 Å². The Labute approximate surface area is 134 Å². The Morgan fingerprint density at radius 2 is 2.29 bits per heavy atom. The fourth-order valence-electron chi connectivity index (χ4n) is 1.98. The third-order valence-electron chi connectivity index (χ3n) is 2.97. The van der Waals surface area contributed by atoms with Crippen molar-refractivity contribution in [3.05, 3.63) is 51.2 Å². The molecule has 2 aromatic rings. The summed E-state index contributed by atoms with van der Waals surface area (Å²) in [7, 11) is 0. The molecule has 108 valence electrons. The Morgan fingerprint density at radius 3 is 3.14 bits per heavy atom. The molecule has 0 atom stereocenters. The number of nitrogens with one attached hydrogen (secondary N) is 1. The van der Waals surface area contributed by atoms with Gasteiger partial charge in [-0.3, -0.25) is 4.79 Å². The quantitative estimate of drug-likeness (QED) is 0.844. The largest absolute Gasteiger partial charge is 0.454 e. The molecule has 0 radical (unpaired) electrons. The van der Waals surface area contributed by atoms with E-state index in [9.17, 15) is 4.79 Å². The SMILES string of the molecule is O=C(NCc1cccc2c1OCO2)c1cc(Br)cnc1Cl. The number of pyridine rings is 1. The van der Waals surface area contributed by atoms with Gasteiger partial charge in [-0.1, -0.05) is 23.7 Å². The number of ether oxygens (including phenoxy) is 2. The lowest BCUT2D eigenvalue weighted by atomic mass is 10.2. The van der Waals surface area contributed by atoms with Crippen LogP contribution in [0.5, 0.6) is 11.5 Å². The smallest absolute Gasteiger partial charge is 0.254 e. The number of para-hydroxylation sites is 1. The molecule has 0 unspecified atom stereocenters. The summed E-state index contributed by atoms with van der Waals surface area (Å²) in [5, 5.41) is 2.95. The van der Waals surface area contributed by atoms with Crippen LogP contribution in [0.2, 0.25) is 5.15 Å². The van der Waals surface area contributed by atoms with E-state index < -0.39 is 0 Å². The first kappa shape index (κ1) is 14.2. The van der Waals surface area contributed by atoms with Crippen LogP contribution in [0.4, 0.5) is 0 Å². The second-order valence-electron chi connectivity index (χ2n) is 4.33. The average molecular weight is 370 g/mol. The van der Waals surface area contributed by atoms with Gasteiger partial charge in [-0.2, -0.15) is 0 Å². The van der Waals surface area contributed by atoms with Gasteiger partial charge in [0.2, 0.25) is 6.79 Å². The third-order valence-corrected chi connectivity index (χ3v) is 3.70. The highest BCUT2D eigenvalue weighted by Gasteiger charge is 2.18. The van der Waals surface area contributed by atoms with Crippen LogP contribution in [0.1, 0.15) is 15.9 Å². The van der Waals surface area contributed by atoms with Crippen molar-refractivity contribution in [2.75, 3.05) is 6.79 Å². The topological polar surface area (TPSA) is 60.5 Å². The van der Waals surface area contributed by atoms with E-state index in [4.69, 9.17) is 21.1 Å². The van der Waals surface area contributed by atoms with Crippen LogP contribution in [0, 0.1) is 0 Å². The summed E-state index contributed by atoms with van der Waals surface area (Å²) >= 11 is 9.19. The van der Waals surface area contributed by atoms with Crippen molar-refractivity contribution in [2.45, 2.75) is 6.54 Å². The van der Waals surface area contributed by atoms with Gasteiger partial charge in [0.25, 0.3) is 5.91 Å². The highest BCUT2D eigenvalue weighted by atomic mass is 79.9. The Bertz CT molecular complexity index is 709. The molecule has 0 fully saturated rings. The molecule has 0 saturated heterocycles. The van der Waals surface area contributed by atoms with Gasteiger partial charge < -0.3 is 14.8 Å². The van der Waals surface area contributed by atoms with Crippen molar-refractivity contribution < 1.29 is 14.3 Å². The van der Waals surface area contributed by atoms with Crippen molar-refractivity contribution in [2.24, 2.45) is 0 Å². The van der Waals surface area contributed by atoms with Crippen molar-refractivity contribution in [3.63, 3.8) is 0 Å². The lowest BCUT2D eigenvalue weighted by molar-refractivity contribution is 0.0950. The van der Waals surface area contributed by atoms with Crippen molar-refractivity contribution in [1.29, 1.82) is 0 Å². The van der Waals surface area contributed by atoms with Crippen molar-refractivity contribution in [3.8, 4) is 11.5 Å². The molecule has 0 aliphatic carbocycles. The highest BCUT2D eigenvalue weighted by molar-refractivity contribution is 9.10. The number of rotatable bonds is 3. The second kappa shape index (κ2) is 5.91. The predicted molar refractivity (Wildman–Crippen MR) is 80.7 cm³/mol. The monoisotopic (exact) mass is 368 g/mol. The number of hydrogen-bond donors (Lipinski definition) is 1. The molecule has 1 aliphatic heterocycles. The number of fused-ring (bicyclic) bond motifs is 1. The molecule has 7 heteroatoms. The van der Waals surface area contributed by atoms with Crippen LogP contribution in [0.3, 0.4) is 0 Å². The predicted octanol–water partition coefficient (Wildman–Crippen LogP) is 3.16. The lowest BCUT2D eigenvalue weighted by Crippen LogP contribution is -2.23. The van der Waals surface area contributed by atoms with Crippen LogP contribution < -0.4 is 14.8 Å². The summed E-state index contributed by atoms with van der Waals surface area (Å²) < 4.78 is 11.4. The van der Waals surface area contributed by atoms with E-state index in [0.29, 0.717) is 28.1 Å². The van der Waals surface area contributed by atoms with Crippen molar-refractivity contribution >= 4 is 33.4 Å². The van der Waals surface area contributed by atoms with Gasteiger partial charge in [-0.25, -0.2) is 4.98 Å². The number of amides is 1. The molecular weight excluding hydrogens is 360 g/mol. The summed E-state index contributed by atoms with van der Waals surface area (Å²) in [5.41, 5.74) is 1.16. The normalized spacial score (nSPS) is 12.3. The maximum Gasteiger partial charge on any atom is 0.254 e. The fourth-order valence-corrected chi connectivity index (χ4v) is 2.50. The highest BCUT2D eigenvalue weighted by Crippen LogP contribution is 2.35. The summed E-state index contributed by atoms with van der Waals surface area (Å²) in [5.74, 6) is 1.05. The third kappa shape index (κ3) is 2.96. The van der Waals surface area contributed by atoms with E-state index >= 15 is 0 Å². The molecule has 21 heavy (non-hydrogen) atoms. The number of nitrogens with zero attached hydrogens (tertiary/aromatic N) is 1. The minimum Gasteiger partial charge on any atom is -0.454 e.